The number of nitrogens with zero attached hydrogens (tertiary/aromatic N) is 4. The van der Waals surface area contributed by atoms with Crippen LogP contribution in [0.2, 0.25) is 0 Å². The Labute approximate surface area is 166 Å². The Morgan fingerprint density at radius 2 is 1.86 bits per heavy atom. The van der Waals surface area contributed by atoms with E-state index in [0.29, 0.717) is 11.2 Å². The first kappa shape index (κ1) is 19.5. The van der Waals surface area contributed by atoms with Crippen LogP contribution in [0.4, 0.5) is 5.82 Å². The van der Waals surface area contributed by atoms with Crippen LogP contribution in [0.3, 0.4) is 0 Å². The van der Waals surface area contributed by atoms with Gasteiger partial charge in [0.15, 0.2) is 17.7 Å². The van der Waals surface area contributed by atoms with E-state index in [1.807, 2.05) is 13.8 Å². The topological polar surface area (TPSA) is 149 Å². The number of anilines is 1. The van der Waals surface area contributed by atoms with E-state index in [1.54, 1.807) is 24.3 Å². The van der Waals surface area contributed by atoms with Crippen LogP contribution in [-0.2, 0) is 15.1 Å². The number of fused-ring (bicyclic) bond motifs is 1. The second-order valence-corrected chi connectivity index (χ2v) is 7.50. The molecule has 154 valence electrons. The van der Waals surface area contributed by atoms with Crippen LogP contribution in [0.5, 0.6) is 5.75 Å². The maximum atomic E-state index is 10.5. The number of aliphatic hydroxyl groups is 2. The number of hydrogen-bond donors (Lipinski definition) is 4. The van der Waals surface area contributed by atoms with Gasteiger partial charge in [0.2, 0.25) is 0 Å². The molecule has 5 N–H and O–H groups in total. The van der Waals surface area contributed by atoms with Crippen molar-refractivity contribution < 1.29 is 24.8 Å². The van der Waals surface area contributed by atoms with Crippen LogP contribution in [0.15, 0.2) is 36.9 Å². The first-order valence-electron chi connectivity index (χ1n) is 9.16. The molecule has 10 nitrogen and oxygen atoms in total. The summed E-state index contributed by atoms with van der Waals surface area (Å²) in [7, 11) is 0. The van der Waals surface area contributed by atoms with Crippen molar-refractivity contribution in [3.8, 4) is 5.75 Å². The predicted octanol–water partition coefficient (Wildman–Crippen LogP) is 0.685. The molecule has 0 unspecified atom stereocenters. The molecule has 4 atom stereocenters. The minimum Gasteiger partial charge on any atom is -0.508 e. The summed E-state index contributed by atoms with van der Waals surface area (Å²) in [6.07, 6.45) is -1.27. The molecule has 10 heteroatoms. The molecule has 4 rings (SSSR count). The van der Waals surface area contributed by atoms with Crippen molar-refractivity contribution in [2.45, 2.75) is 44.0 Å². The quantitative estimate of drug-likeness (QED) is 0.484. The molecule has 29 heavy (non-hydrogen) atoms. The highest BCUT2D eigenvalue weighted by Gasteiger charge is 2.45. The molecule has 3 aromatic rings. The van der Waals surface area contributed by atoms with Gasteiger partial charge in [-0.15, -0.1) is 0 Å². The van der Waals surface area contributed by atoms with E-state index in [0.717, 1.165) is 5.56 Å². The summed E-state index contributed by atoms with van der Waals surface area (Å²) < 4.78 is 13.4. The number of rotatable bonds is 5. The predicted molar refractivity (Wildman–Crippen MR) is 103 cm³/mol. The van der Waals surface area contributed by atoms with Crippen molar-refractivity contribution in [2.24, 2.45) is 0 Å². The minimum absolute atomic E-state index is 0.0480. The highest BCUT2D eigenvalue weighted by molar-refractivity contribution is 5.81. The Morgan fingerprint density at radius 1 is 1.14 bits per heavy atom. The van der Waals surface area contributed by atoms with E-state index in [2.05, 4.69) is 15.0 Å². The van der Waals surface area contributed by atoms with Gasteiger partial charge in [-0.2, -0.15) is 0 Å². The monoisotopic (exact) mass is 401 g/mol. The number of nitrogens with two attached hydrogens (primary N) is 1. The van der Waals surface area contributed by atoms with Crippen LogP contribution >= 0.6 is 0 Å². The largest absolute Gasteiger partial charge is 0.508 e. The number of phenolic OH excluding ortho intramolecular Hbond substituents is 1. The van der Waals surface area contributed by atoms with Gasteiger partial charge in [0.1, 0.15) is 35.9 Å². The van der Waals surface area contributed by atoms with E-state index in [1.165, 1.54) is 17.2 Å². The lowest BCUT2D eigenvalue weighted by atomic mass is 9.98. The van der Waals surface area contributed by atoms with Gasteiger partial charge in [0.05, 0.1) is 18.5 Å². The Kier molecular flexibility index (Phi) is 4.87. The Morgan fingerprint density at radius 3 is 2.59 bits per heavy atom. The highest BCUT2D eigenvalue weighted by Crippen LogP contribution is 2.34. The SMILES string of the molecule is CC(C)(OC[C@H]1O[C@@H](n2cnc3c(N)ncnc32)[C@H](O)[C@@H]1O)c1ccc(O)cc1. The lowest BCUT2D eigenvalue weighted by Gasteiger charge is -2.28. The highest BCUT2D eigenvalue weighted by atomic mass is 16.6. The van der Waals surface area contributed by atoms with Crippen LogP contribution in [0, 0.1) is 0 Å². The molecule has 2 aromatic heterocycles. The smallest absolute Gasteiger partial charge is 0.167 e. The molecular formula is C19H23N5O5. The first-order valence-corrected chi connectivity index (χ1v) is 9.16. The molecule has 1 aliphatic rings. The van der Waals surface area contributed by atoms with Crippen molar-refractivity contribution in [1.82, 2.24) is 19.5 Å². The molecule has 0 aliphatic carbocycles. The molecule has 0 bridgehead atoms. The van der Waals surface area contributed by atoms with Crippen LogP contribution in [0.25, 0.3) is 11.2 Å². The summed E-state index contributed by atoms with van der Waals surface area (Å²) in [5, 5.41) is 30.5. The van der Waals surface area contributed by atoms with Gasteiger partial charge < -0.3 is 30.5 Å². The third-order valence-corrected chi connectivity index (χ3v) is 5.17. The number of ether oxygens (including phenoxy) is 2. The lowest BCUT2D eigenvalue weighted by molar-refractivity contribution is -0.107. The zero-order valence-electron chi connectivity index (χ0n) is 16.0. The Bertz CT molecular complexity index is 1010. The normalized spacial score (nSPS) is 25.0. The number of aromatic nitrogens is 4. The van der Waals surface area contributed by atoms with Crippen molar-refractivity contribution in [3.63, 3.8) is 0 Å². The van der Waals surface area contributed by atoms with Crippen LogP contribution in [0.1, 0.15) is 25.6 Å². The molecule has 1 fully saturated rings. The second-order valence-electron chi connectivity index (χ2n) is 7.50. The van der Waals surface area contributed by atoms with Crippen LogP contribution in [-0.4, -0.2) is 59.8 Å². The average molecular weight is 401 g/mol. The van der Waals surface area contributed by atoms with Crippen molar-refractivity contribution in [1.29, 1.82) is 0 Å². The molecule has 3 heterocycles. The van der Waals surface area contributed by atoms with Gasteiger partial charge >= 0.3 is 0 Å². The fourth-order valence-electron chi connectivity index (χ4n) is 3.39. The standard InChI is InChI=1S/C19H23N5O5/c1-19(2,10-3-5-11(25)6-4-10)28-7-12-14(26)15(27)18(29-12)24-9-23-13-16(20)21-8-22-17(13)24/h3-6,8-9,12,14-15,18,25-27H,7H2,1-2H3,(H2,20,21,22)/t12-,14-,15-,18-/m1/s1. The van der Waals surface area contributed by atoms with E-state index < -0.39 is 30.1 Å². The first-order chi connectivity index (χ1) is 13.8. The minimum atomic E-state index is -1.20. The molecule has 0 spiro atoms. The van der Waals surface area contributed by atoms with E-state index >= 15 is 0 Å². The maximum absolute atomic E-state index is 10.5. The summed E-state index contributed by atoms with van der Waals surface area (Å²) in [6.45, 7) is 3.79. The van der Waals surface area contributed by atoms with Crippen molar-refractivity contribution in [2.75, 3.05) is 12.3 Å². The fourth-order valence-corrected chi connectivity index (χ4v) is 3.39. The number of imidazole rings is 1. The molecule has 0 saturated carbocycles. The summed E-state index contributed by atoms with van der Waals surface area (Å²) in [5.41, 5.74) is 6.76. The van der Waals surface area contributed by atoms with E-state index in [4.69, 9.17) is 15.2 Å². The number of nitrogen functional groups attached to an aromatic ring is 1. The third-order valence-electron chi connectivity index (χ3n) is 5.17. The molecule has 0 radical (unpaired) electrons. The second kappa shape index (κ2) is 7.23. The van der Waals surface area contributed by atoms with Crippen molar-refractivity contribution >= 4 is 17.0 Å². The number of aliphatic hydroxyl groups excluding tert-OH is 2. The summed E-state index contributed by atoms with van der Waals surface area (Å²) in [5.74, 6) is 0.388. The molecule has 0 amide bonds. The van der Waals surface area contributed by atoms with Crippen molar-refractivity contribution in [3.05, 3.63) is 42.5 Å². The number of aromatic hydroxyl groups is 1. The summed E-state index contributed by atoms with van der Waals surface area (Å²) in [4.78, 5) is 12.2. The number of phenols is 1. The van der Waals surface area contributed by atoms with Gasteiger partial charge in [-0.25, -0.2) is 15.0 Å². The molecule has 1 saturated heterocycles. The van der Waals surface area contributed by atoms with Gasteiger partial charge in [0, 0.05) is 0 Å². The number of benzene rings is 1. The number of hydrogen-bond acceptors (Lipinski definition) is 9. The van der Waals surface area contributed by atoms with Gasteiger partial charge in [-0.05, 0) is 31.5 Å². The average Bonchev–Trinajstić information content (AvgIpc) is 3.24. The Balaban J connectivity index is 1.50. The molecule has 1 aliphatic heterocycles. The van der Waals surface area contributed by atoms with Gasteiger partial charge in [0.25, 0.3) is 0 Å². The van der Waals surface area contributed by atoms with Crippen LogP contribution < -0.4 is 5.73 Å². The molecular weight excluding hydrogens is 378 g/mol. The summed E-state index contributed by atoms with van der Waals surface area (Å²) >= 11 is 0. The molecule has 1 aromatic carbocycles. The zero-order chi connectivity index (χ0) is 20.8. The lowest BCUT2D eigenvalue weighted by Crippen LogP contribution is -2.36. The fraction of sp³-hybridized carbons (Fsp3) is 0.421. The van der Waals surface area contributed by atoms with E-state index in [9.17, 15) is 15.3 Å². The van der Waals surface area contributed by atoms with Gasteiger partial charge in [-0.3, -0.25) is 4.57 Å². The van der Waals surface area contributed by atoms with E-state index in [-0.39, 0.29) is 18.2 Å². The van der Waals surface area contributed by atoms with Gasteiger partial charge in [-0.1, -0.05) is 12.1 Å². The zero-order valence-corrected chi connectivity index (χ0v) is 16.0. The third kappa shape index (κ3) is 3.51. The maximum Gasteiger partial charge on any atom is 0.167 e. The summed E-state index contributed by atoms with van der Waals surface area (Å²) in [6, 6.07) is 6.69. The Hall–Kier alpha value is -2.79.